The molecule has 0 aliphatic carbocycles. The van der Waals surface area contributed by atoms with Gasteiger partial charge in [0.05, 0.1) is 24.2 Å². The number of ether oxygens (including phenoxy) is 1. The number of methoxy groups -OCH3 is 1. The largest absolute Gasteiger partial charge is 0.497 e. The fourth-order valence-corrected chi connectivity index (χ4v) is 2.26. The van der Waals surface area contributed by atoms with Gasteiger partial charge in [0.25, 0.3) is 0 Å². The van der Waals surface area contributed by atoms with E-state index in [1.807, 2.05) is 6.92 Å². The van der Waals surface area contributed by atoms with Crippen molar-refractivity contribution in [2.24, 2.45) is 5.92 Å². The van der Waals surface area contributed by atoms with Gasteiger partial charge in [-0.1, -0.05) is 6.92 Å². The zero-order valence-corrected chi connectivity index (χ0v) is 12.0. The van der Waals surface area contributed by atoms with E-state index in [0.29, 0.717) is 22.9 Å². The Bertz CT molecular complexity index is 426. The molecule has 6 heteroatoms. The summed E-state index contributed by atoms with van der Waals surface area (Å²) >= 11 is 1.49. The molecule has 0 aliphatic heterocycles. The first-order chi connectivity index (χ1) is 9.06. The number of benzene rings is 1. The molecule has 1 unspecified atom stereocenters. The summed E-state index contributed by atoms with van der Waals surface area (Å²) < 4.78 is 5.04. The summed E-state index contributed by atoms with van der Waals surface area (Å²) in [6.07, 6.45) is 0. The van der Waals surface area contributed by atoms with Gasteiger partial charge in [0.1, 0.15) is 5.75 Å². The van der Waals surface area contributed by atoms with Gasteiger partial charge in [-0.15, -0.1) is 0 Å². The second kappa shape index (κ2) is 7.91. The molecule has 0 heterocycles. The van der Waals surface area contributed by atoms with Crippen molar-refractivity contribution in [3.05, 3.63) is 18.2 Å². The van der Waals surface area contributed by atoms with E-state index in [1.165, 1.54) is 11.8 Å². The summed E-state index contributed by atoms with van der Waals surface area (Å²) in [7, 11) is 1.56. The minimum atomic E-state index is -0.105. The molecule has 106 valence electrons. The van der Waals surface area contributed by atoms with Crippen molar-refractivity contribution in [1.29, 1.82) is 0 Å². The maximum atomic E-state index is 11.7. The molecule has 0 saturated heterocycles. The van der Waals surface area contributed by atoms with Crippen LogP contribution in [0.5, 0.6) is 5.75 Å². The van der Waals surface area contributed by atoms with Crippen LogP contribution in [0.25, 0.3) is 0 Å². The molecular weight excluding hydrogens is 264 g/mol. The minimum Gasteiger partial charge on any atom is -0.497 e. The SMILES string of the molecule is COc1ccc(NC(=O)CSCC(C)CO)c(N)c1. The Labute approximate surface area is 117 Å². The van der Waals surface area contributed by atoms with Crippen molar-refractivity contribution in [2.75, 3.05) is 36.3 Å². The molecule has 5 nitrogen and oxygen atoms in total. The molecule has 0 bridgehead atoms. The highest BCUT2D eigenvalue weighted by Gasteiger charge is 2.07. The van der Waals surface area contributed by atoms with E-state index in [-0.39, 0.29) is 18.4 Å². The number of hydrogen-bond donors (Lipinski definition) is 3. The van der Waals surface area contributed by atoms with E-state index in [4.69, 9.17) is 15.6 Å². The smallest absolute Gasteiger partial charge is 0.234 e. The molecule has 1 atom stereocenters. The normalized spacial score (nSPS) is 11.9. The van der Waals surface area contributed by atoms with Gasteiger partial charge in [-0.3, -0.25) is 4.79 Å². The van der Waals surface area contributed by atoms with Gasteiger partial charge < -0.3 is 20.9 Å². The Morgan fingerprint density at radius 1 is 1.58 bits per heavy atom. The first-order valence-electron chi connectivity index (χ1n) is 5.98. The third kappa shape index (κ3) is 5.40. The number of nitrogens with one attached hydrogen (secondary N) is 1. The number of rotatable bonds is 7. The summed E-state index contributed by atoms with van der Waals surface area (Å²) in [5, 5.41) is 11.6. The molecule has 19 heavy (non-hydrogen) atoms. The number of carbonyl (C=O) groups is 1. The molecule has 1 rings (SSSR count). The van der Waals surface area contributed by atoms with Crippen LogP contribution in [0.2, 0.25) is 0 Å². The summed E-state index contributed by atoms with van der Waals surface area (Å²) in [6.45, 7) is 2.08. The Balaban J connectivity index is 2.44. The van der Waals surface area contributed by atoms with Gasteiger partial charge in [-0.2, -0.15) is 11.8 Å². The number of anilines is 2. The molecule has 1 amide bonds. The zero-order chi connectivity index (χ0) is 14.3. The van der Waals surface area contributed by atoms with Gasteiger partial charge >= 0.3 is 0 Å². The van der Waals surface area contributed by atoms with Crippen molar-refractivity contribution in [3.63, 3.8) is 0 Å². The van der Waals surface area contributed by atoms with Crippen molar-refractivity contribution in [2.45, 2.75) is 6.92 Å². The first-order valence-corrected chi connectivity index (χ1v) is 7.14. The van der Waals surface area contributed by atoms with Crippen LogP contribution < -0.4 is 15.8 Å². The van der Waals surface area contributed by atoms with E-state index in [2.05, 4.69) is 5.32 Å². The maximum absolute atomic E-state index is 11.7. The van der Waals surface area contributed by atoms with Crippen LogP contribution in [0, 0.1) is 5.92 Å². The van der Waals surface area contributed by atoms with Crippen LogP contribution >= 0.6 is 11.8 Å². The highest BCUT2D eigenvalue weighted by atomic mass is 32.2. The first kappa shape index (κ1) is 15.7. The molecule has 1 aromatic carbocycles. The molecule has 1 aromatic rings. The number of amides is 1. The second-order valence-corrected chi connectivity index (χ2v) is 5.33. The van der Waals surface area contributed by atoms with Gasteiger partial charge in [0.15, 0.2) is 0 Å². The van der Waals surface area contributed by atoms with Crippen molar-refractivity contribution in [3.8, 4) is 5.75 Å². The van der Waals surface area contributed by atoms with E-state index in [1.54, 1.807) is 25.3 Å². The van der Waals surface area contributed by atoms with Crippen LogP contribution in [-0.2, 0) is 4.79 Å². The molecule has 0 spiro atoms. The zero-order valence-electron chi connectivity index (χ0n) is 11.2. The lowest BCUT2D eigenvalue weighted by atomic mass is 10.2. The second-order valence-electron chi connectivity index (χ2n) is 4.30. The lowest BCUT2D eigenvalue weighted by Crippen LogP contribution is -2.16. The number of thioether (sulfide) groups is 1. The number of aliphatic hydroxyl groups is 1. The molecule has 0 saturated carbocycles. The standard InChI is InChI=1S/C13H20N2O3S/c1-9(6-16)7-19-8-13(17)15-12-4-3-10(18-2)5-11(12)14/h3-5,9,16H,6-8,14H2,1-2H3,(H,15,17). The highest BCUT2D eigenvalue weighted by molar-refractivity contribution is 7.99. The van der Waals surface area contributed by atoms with Crippen molar-refractivity contribution < 1.29 is 14.6 Å². The number of hydrogen-bond acceptors (Lipinski definition) is 5. The predicted molar refractivity (Wildman–Crippen MR) is 79.6 cm³/mol. The van der Waals surface area contributed by atoms with Gasteiger partial charge in [0.2, 0.25) is 5.91 Å². The monoisotopic (exact) mass is 284 g/mol. The Kier molecular flexibility index (Phi) is 6.52. The Morgan fingerprint density at radius 3 is 2.89 bits per heavy atom. The number of nitrogen functional groups attached to an aromatic ring is 1. The molecule has 0 aromatic heterocycles. The van der Waals surface area contributed by atoms with Crippen LogP contribution in [0.15, 0.2) is 18.2 Å². The minimum absolute atomic E-state index is 0.105. The summed E-state index contributed by atoms with van der Waals surface area (Å²) in [6, 6.07) is 5.12. The molecule has 4 N–H and O–H groups in total. The Hall–Kier alpha value is -1.40. The maximum Gasteiger partial charge on any atom is 0.234 e. The van der Waals surface area contributed by atoms with Crippen LogP contribution in [0.4, 0.5) is 11.4 Å². The van der Waals surface area contributed by atoms with Gasteiger partial charge in [-0.05, 0) is 23.8 Å². The third-order valence-corrected chi connectivity index (χ3v) is 3.75. The van der Waals surface area contributed by atoms with Crippen molar-refractivity contribution >= 4 is 29.0 Å². The fourth-order valence-electron chi connectivity index (χ4n) is 1.37. The quantitative estimate of drug-likeness (QED) is 0.662. The van der Waals surface area contributed by atoms with Crippen molar-refractivity contribution in [1.82, 2.24) is 0 Å². The Morgan fingerprint density at radius 2 is 2.32 bits per heavy atom. The number of aliphatic hydroxyl groups excluding tert-OH is 1. The van der Waals surface area contributed by atoms with Gasteiger partial charge in [0, 0.05) is 12.7 Å². The number of nitrogens with two attached hydrogens (primary N) is 1. The predicted octanol–water partition coefficient (Wildman–Crippen LogP) is 1.58. The summed E-state index contributed by atoms with van der Waals surface area (Å²) in [4.78, 5) is 11.7. The molecule has 0 fully saturated rings. The highest BCUT2D eigenvalue weighted by Crippen LogP contribution is 2.24. The van der Waals surface area contributed by atoms with Gasteiger partial charge in [-0.25, -0.2) is 0 Å². The average Bonchev–Trinajstić information content (AvgIpc) is 2.40. The third-order valence-electron chi connectivity index (χ3n) is 2.48. The van der Waals surface area contributed by atoms with Crippen LogP contribution in [0.1, 0.15) is 6.92 Å². The lowest BCUT2D eigenvalue weighted by Gasteiger charge is -2.10. The average molecular weight is 284 g/mol. The van der Waals surface area contributed by atoms with Crippen LogP contribution in [-0.4, -0.2) is 36.2 Å². The summed E-state index contributed by atoms with van der Waals surface area (Å²) in [5.74, 6) is 1.84. The van der Waals surface area contributed by atoms with E-state index in [0.717, 1.165) is 5.75 Å². The summed E-state index contributed by atoms with van der Waals surface area (Å²) in [5.41, 5.74) is 6.87. The lowest BCUT2D eigenvalue weighted by molar-refractivity contribution is -0.113. The molecule has 0 aliphatic rings. The topological polar surface area (TPSA) is 84.6 Å². The molecule has 0 radical (unpaired) electrons. The number of carbonyl (C=O) groups excluding carboxylic acids is 1. The van der Waals surface area contributed by atoms with E-state index in [9.17, 15) is 4.79 Å². The van der Waals surface area contributed by atoms with Crippen LogP contribution in [0.3, 0.4) is 0 Å². The molecular formula is C13H20N2O3S. The van der Waals surface area contributed by atoms with E-state index >= 15 is 0 Å². The van der Waals surface area contributed by atoms with E-state index < -0.39 is 0 Å². The fraction of sp³-hybridized carbons (Fsp3) is 0.462.